The largest absolute Gasteiger partial charge is 0.463 e. The Labute approximate surface area is 164 Å². The number of H-pyrrole nitrogens is 1. The van der Waals surface area contributed by atoms with Crippen molar-refractivity contribution in [2.75, 3.05) is 6.61 Å². The monoisotopic (exact) mass is 378 g/mol. The number of aromatic amines is 1. The van der Waals surface area contributed by atoms with Crippen LogP contribution in [0.25, 0.3) is 10.9 Å². The fourth-order valence-electron chi connectivity index (χ4n) is 4.56. The molecule has 1 atom stereocenters. The molecule has 2 N–H and O–H groups in total. The first-order chi connectivity index (χ1) is 13.3. The quantitative estimate of drug-likeness (QED) is 0.780. The molecule has 1 unspecified atom stereocenters. The van der Waals surface area contributed by atoms with Gasteiger partial charge >= 0.3 is 5.97 Å². The Morgan fingerprint density at radius 3 is 2.75 bits per heavy atom. The van der Waals surface area contributed by atoms with Gasteiger partial charge in [0.1, 0.15) is 0 Å². The predicted molar refractivity (Wildman–Crippen MR) is 109 cm³/mol. The van der Waals surface area contributed by atoms with E-state index in [4.69, 9.17) is 4.74 Å². The summed E-state index contributed by atoms with van der Waals surface area (Å²) in [5, 5.41) is 4.38. The number of rotatable bonds is 3. The van der Waals surface area contributed by atoms with Crippen molar-refractivity contribution < 1.29 is 14.3 Å². The topological polar surface area (TPSA) is 71.2 Å². The molecular formula is C23H26N2O3. The van der Waals surface area contributed by atoms with E-state index in [9.17, 15) is 9.59 Å². The third-order valence-electron chi connectivity index (χ3n) is 5.67. The molecule has 28 heavy (non-hydrogen) atoms. The van der Waals surface area contributed by atoms with Crippen molar-refractivity contribution in [2.45, 2.75) is 46.5 Å². The van der Waals surface area contributed by atoms with E-state index < -0.39 is 5.92 Å². The van der Waals surface area contributed by atoms with Gasteiger partial charge in [0.25, 0.3) is 0 Å². The number of ketones is 1. The van der Waals surface area contributed by atoms with Crippen LogP contribution in [0.1, 0.15) is 52.0 Å². The van der Waals surface area contributed by atoms with E-state index >= 15 is 0 Å². The molecule has 1 aliphatic heterocycles. The Bertz CT molecular complexity index is 1040. The van der Waals surface area contributed by atoms with E-state index in [1.165, 1.54) is 0 Å². The van der Waals surface area contributed by atoms with Crippen LogP contribution in [-0.4, -0.2) is 23.3 Å². The number of carbonyl (C=O) groups excluding carboxylic acids is 2. The number of hydrogen-bond donors (Lipinski definition) is 2. The second kappa shape index (κ2) is 6.66. The minimum atomic E-state index is -0.421. The molecule has 146 valence electrons. The molecule has 0 saturated carbocycles. The van der Waals surface area contributed by atoms with Crippen LogP contribution >= 0.6 is 0 Å². The van der Waals surface area contributed by atoms with E-state index in [1.807, 2.05) is 37.4 Å². The Hall–Kier alpha value is -2.82. The number of Topliss-reactive ketones (excluding diaryl/α,β-unsaturated/α-hetero) is 1. The Balaban J connectivity index is 1.94. The summed E-state index contributed by atoms with van der Waals surface area (Å²) < 4.78 is 5.37. The molecule has 4 rings (SSSR count). The van der Waals surface area contributed by atoms with Crippen molar-refractivity contribution in [1.82, 2.24) is 10.3 Å². The van der Waals surface area contributed by atoms with Crippen molar-refractivity contribution in [2.24, 2.45) is 5.41 Å². The number of fused-ring (bicyclic) bond motifs is 1. The molecule has 0 fully saturated rings. The predicted octanol–water partition coefficient (Wildman–Crippen LogP) is 4.34. The first-order valence-corrected chi connectivity index (χ1v) is 9.79. The highest BCUT2D eigenvalue weighted by molar-refractivity contribution is 6.05. The molecule has 5 heteroatoms. The summed E-state index contributed by atoms with van der Waals surface area (Å²) in [4.78, 5) is 29.4. The SMILES string of the molecule is CCOC(=O)C1=C(C)NC2=C(C(=O)CC(C)(C)C2)C1c1c[nH]c2ccccc12. The first kappa shape index (κ1) is 18.5. The second-order valence-electron chi connectivity index (χ2n) is 8.44. The average molecular weight is 378 g/mol. The molecule has 1 aromatic carbocycles. The van der Waals surface area contributed by atoms with E-state index in [2.05, 4.69) is 24.1 Å². The number of aromatic nitrogens is 1. The standard InChI is InChI=1S/C23H26N2O3/c1-5-28-22(27)19-13(2)25-17-10-23(3,4)11-18(26)21(17)20(19)15-12-24-16-9-7-6-8-14(15)16/h6-9,12,20,24-25H,5,10-11H2,1-4H3. The summed E-state index contributed by atoms with van der Waals surface area (Å²) in [6, 6.07) is 7.97. The summed E-state index contributed by atoms with van der Waals surface area (Å²) in [5.74, 6) is -0.689. The highest BCUT2D eigenvalue weighted by Gasteiger charge is 2.43. The van der Waals surface area contributed by atoms with Crippen molar-refractivity contribution in [3.63, 3.8) is 0 Å². The van der Waals surface area contributed by atoms with Crippen LogP contribution in [-0.2, 0) is 14.3 Å². The highest BCUT2D eigenvalue weighted by Crippen LogP contribution is 2.48. The van der Waals surface area contributed by atoms with Gasteiger partial charge < -0.3 is 15.0 Å². The van der Waals surface area contributed by atoms with Gasteiger partial charge in [0.05, 0.1) is 18.1 Å². The molecule has 0 bridgehead atoms. The maximum atomic E-state index is 13.2. The fourth-order valence-corrected chi connectivity index (χ4v) is 4.56. The Kier molecular flexibility index (Phi) is 4.41. The van der Waals surface area contributed by atoms with Gasteiger partial charge in [-0.15, -0.1) is 0 Å². The molecular weight excluding hydrogens is 352 g/mol. The third-order valence-corrected chi connectivity index (χ3v) is 5.67. The molecule has 0 amide bonds. The number of hydrogen-bond acceptors (Lipinski definition) is 4. The average Bonchev–Trinajstić information content (AvgIpc) is 3.03. The zero-order valence-corrected chi connectivity index (χ0v) is 16.8. The maximum Gasteiger partial charge on any atom is 0.336 e. The number of allylic oxidation sites excluding steroid dienone is 3. The molecule has 2 aliphatic rings. The second-order valence-corrected chi connectivity index (χ2v) is 8.44. The van der Waals surface area contributed by atoms with Crippen LogP contribution in [0, 0.1) is 5.41 Å². The number of dihydropyridines is 1. The third kappa shape index (κ3) is 2.95. The van der Waals surface area contributed by atoms with E-state index in [-0.39, 0.29) is 17.2 Å². The van der Waals surface area contributed by atoms with Gasteiger partial charge in [0.15, 0.2) is 5.78 Å². The summed E-state index contributed by atoms with van der Waals surface area (Å²) >= 11 is 0. The van der Waals surface area contributed by atoms with Crippen molar-refractivity contribution in [3.05, 3.63) is 58.6 Å². The minimum absolute atomic E-state index is 0.100. The molecule has 5 nitrogen and oxygen atoms in total. The number of ether oxygens (including phenoxy) is 1. The van der Waals surface area contributed by atoms with Gasteiger partial charge in [0.2, 0.25) is 0 Å². The highest BCUT2D eigenvalue weighted by atomic mass is 16.5. The Morgan fingerprint density at radius 1 is 1.25 bits per heavy atom. The molecule has 0 spiro atoms. The molecule has 2 heterocycles. The summed E-state index contributed by atoms with van der Waals surface area (Å²) in [5.41, 5.74) is 4.76. The van der Waals surface area contributed by atoms with E-state index in [1.54, 1.807) is 6.92 Å². The van der Waals surface area contributed by atoms with Crippen LogP contribution in [0.4, 0.5) is 0 Å². The lowest BCUT2D eigenvalue weighted by molar-refractivity contribution is -0.138. The zero-order valence-electron chi connectivity index (χ0n) is 16.8. The van der Waals surface area contributed by atoms with Gasteiger partial charge in [-0.25, -0.2) is 4.79 Å². The normalized spacial score (nSPS) is 21.6. The van der Waals surface area contributed by atoms with Crippen LogP contribution in [0.2, 0.25) is 0 Å². The molecule has 2 aromatic rings. The Morgan fingerprint density at radius 2 is 2.00 bits per heavy atom. The smallest absolute Gasteiger partial charge is 0.336 e. The number of esters is 1. The summed E-state index contributed by atoms with van der Waals surface area (Å²) in [6.45, 7) is 8.20. The number of benzene rings is 1. The van der Waals surface area contributed by atoms with Gasteiger partial charge in [-0.2, -0.15) is 0 Å². The van der Waals surface area contributed by atoms with Crippen molar-refractivity contribution >= 4 is 22.7 Å². The minimum Gasteiger partial charge on any atom is -0.463 e. The number of nitrogens with one attached hydrogen (secondary N) is 2. The summed E-state index contributed by atoms with van der Waals surface area (Å²) in [6.07, 6.45) is 3.17. The number of para-hydroxylation sites is 1. The lowest BCUT2D eigenvalue weighted by Crippen LogP contribution is -2.38. The van der Waals surface area contributed by atoms with Crippen LogP contribution in [0.3, 0.4) is 0 Å². The maximum absolute atomic E-state index is 13.2. The fraction of sp³-hybridized carbons (Fsp3) is 0.391. The lowest BCUT2D eigenvalue weighted by Gasteiger charge is -2.39. The van der Waals surface area contributed by atoms with Crippen LogP contribution < -0.4 is 5.32 Å². The van der Waals surface area contributed by atoms with Gasteiger partial charge in [-0.3, -0.25) is 4.79 Å². The molecule has 0 radical (unpaired) electrons. The lowest BCUT2D eigenvalue weighted by atomic mass is 9.68. The van der Waals surface area contributed by atoms with Crippen LogP contribution in [0.5, 0.6) is 0 Å². The van der Waals surface area contributed by atoms with Gasteiger partial charge in [0, 0.05) is 40.5 Å². The van der Waals surface area contributed by atoms with E-state index in [0.29, 0.717) is 24.2 Å². The molecule has 1 aliphatic carbocycles. The summed E-state index contributed by atoms with van der Waals surface area (Å²) in [7, 11) is 0. The zero-order chi connectivity index (χ0) is 20.1. The first-order valence-electron chi connectivity index (χ1n) is 9.79. The van der Waals surface area contributed by atoms with Crippen molar-refractivity contribution in [3.8, 4) is 0 Å². The van der Waals surface area contributed by atoms with Gasteiger partial charge in [-0.05, 0) is 37.3 Å². The molecule has 1 aromatic heterocycles. The van der Waals surface area contributed by atoms with Crippen molar-refractivity contribution in [1.29, 1.82) is 0 Å². The number of carbonyl (C=O) groups is 2. The molecule has 0 saturated heterocycles. The van der Waals surface area contributed by atoms with Crippen LogP contribution in [0.15, 0.2) is 53.0 Å². The van der Waals surface area contributed by atoms with E-state index in [0.717, 1.165) is 34.3 Å². The van der Waals surface area contributed by atoms with Gasteiger partial charge in [-0.1, -0.05) is 32.0 Å².